The summed E-state index contributed by atoms with van der Waals surface area (Å²) >= 11 is 0. The summed E-state index contributed by atoms with van der Waals surface area (Å²) in [6.45, 7) is 0.793. The number of amides is 1. The molecule has 0 N–H and O–H groups in total. The van der Waals surface area contributed by atoms with E-state index in [-0.39, 0.29) is 24.0 Å². The summed E-state index contributed by atoms with van der Waals surface area (Å²) in [5, 5.41) is 1.05. The van der Waals surface area contributed by atoms with E-state index in [4.69, 9.17) is 10.7 Å². The normalized spacial score (nSPS) is 19.0. The van der Waals surface area contributed by atoms with Crippen molar-refractivity contribution >= 4 is 36.5 Å². The molecule has 3 rings (SSSR count). The second-order valence-corrected chi connectivity index (χ2v) is 8.37. The molecule has 0 aliphatic carbocycles. The predicted octanol–water partition coefficient (Wildman–Crippen LogP) is 2.15. The first-order valence-electron chi connectivity index (χ1n) is 6.95. The Labute approximate surface area is 133 Å². The predicted molar refractivity (Wildman–Crippen MR) is 84.9 cm³/mol. The smallest absolute Gasteiger partial charge is 0.232 e. The van der Waals surface area contributed by atoms with E-state index in [1.807, 2.05) is 36.4 Å². The van der Waals surface area contributed by atoms with Crippen molar-refractivity contribution in [1.82, 2.24) is 9.88 Å². The average molecular weight is 339 g/mol. The number of likely N-dealkylation sites (tertiary alicyclic amines) is 1. The molecule has 116 valence electrons. The van der Waals surface area contributed by atoms with Crippen LogP contribution in [0.1, 0.15) is 12.1 Å². The van der Waals surface area contributed by atoms with Crippen molar-refractivity contribution in [2.75, 3.05) is 12.3 Å². The lowest BCUT2D eigenvalue weighted by Gasteiger charge is -2.16. The zero-order valence-corrected chi connectivity index (χ0v) is 13.3. The van der Waals surface area contributed by atoms with Gasteiger partial charge in [-0.25, -0.2) is 8.42 Å². The first-order valence-corrected chi connectivity index (χ1v) is 9.43. The van der Waals surface area contributed by atoms with Crippen molar-refractivity contribution in [2.45, 2.75) is 13.0 Å². The second kappa shape index (κ2) is 5.85. The average Bonchev–Trinajstić information content (AvgIpc) is 2.76. The number of carbonyl (C=O) groups is 1. The topological polar surface area (TPSA) is 67.3 Å². The van der Waals surface area contributed by atoms with Crippen LogP contribution in [0.15, 0.2) is 36.4 Å². The molecule has 1 fully saturated rings. The SMILES string of the molecule is O=C1CC(CS(=O)(=O)Cl)CN1Cc1ccc2ccccc2n1. The maximum absolute atomic E-state index is 12.0. The molecule has 0 bridgehead atoms. The van der Waals surface area contributed by atoms with Gasteiger partial charge in [-0.3, -0.25) is 9.78 Å². The van der Waals surface area contributed by atoms with Crippen molar-refractivity contribution in [3.8, 4) is 0 Å². The highest BCUT2D eigenvalue weighted by molar-refractivity contribution is 8.13. The highest BCUT2D eigenvalue weighted by Gasteiger charge is 2.32. The number of para-hydroxylation sites is 1. The number of halogens is 1. The van der Waals surface area contributed by atoms with E-state index in [2.05, 4.69) is 4.98 Å². The molecule has 0 spiro atoms. The Morgan fingerprint density at radius 2 is 2.00 bits per heavy atom. The lowest BCUT2D eigenvalue weighted by atomic mass is 10.1. The third kappa shape index (κ3) is 3.56. The third-order valence-electron chi connectivity index (χ3n) is 3.74. The van der Waals surface area contributed by atoms with Crippen molar-refractivity contribution < 1.29 is 13.2 Å². The number of nitrogens with zero attached hydrogens (tertiary/aromatic N) is 2. The molecule has 1 aliphatic heterocycles. The Morgan fingerprint density at radius 1 is 1.23 bits per heavy atom. The number of aromatic nitrogens is 1. The molecule has 1 aromatic heterocycles. The lowest BCUT2D eigenvalue weighted by Crippen LogP contribution is -2.25. The van der Waals surface area contributed by atoms with Crippen LogP contribution in [0.3, 0.4) is 0 Å². The molecule has 1 aromatic carbocycles. The van der Waals surface area contributed by atoms with Crippen LogP contribution >= 0.6 is 10.7 Å². The maximum atomic E-state index is 12.0. The van der Waals surface area contributed by atoms with Gasteiger partial charge in [-0.1, -0.05) is 24.3 Å². The number of benzene rings is 1. The van der Waals surface area contributed by atoms with Crippen molar-refractivity contribution in [1.29, 1.82) is 0 Å². The van der Waals surface area contributed by atoms with E-state index in [1.165, 1.54) is 0 Å². The van der Waals surface area contributed by atoms with Gasteiger partial charge in [-0.15, -0.1) is 0 Å². The van der Waals surface area contributed by atoms with Crippen LogP contribution in [0.5, 0.6) is 0 Å². The van der Waals surface area contributed by atoms with Crippen LogP contribution in [-0.2, 0) is 20.4 Å². The molecule has 1 atom stereocenters. The second-order valence-electron chi connectivity index (χ2n) is 5.55. The minimum atomic E-state index is -3.58. The standard InChI is InChI=1S/C15H15ClN2O3S/c16-22(20,21)10-11-7-15(19)18(8-11)9-13-6-5-12-3-1-2-4-14(12)17-13/h1-6,11H,7-10H2. The Balaban J connectivity index is 1.73. The molecule has 1 unspecified atom stereocenters. The summed E-state index contributed by atoms with van der Waals surface area (Å²) in [6, 6.07) is 11.6. The van der Waals surface area contributed by atoms with Crippen molar-refractivity contribution in [3.05, 3.63) is 42.1 Å². The number of hydrogen-bond acceptors (Lipinski definition) is 4. The van der Waals surface area contributed by atoms with Gasteiger partial charge in [0.25, 0.3) is 0 Å². The van der Waals surface area contributed by atoms with E-state index in [9.17, 15) is 13.2 Å². The number of carbonyl (C=O) groups excluding carboxylic acids is 1. The van der Waals surface area contributed by atoms with Gasteiger partial charge < -0.3 is 4.90 Å². The first-order chi connectivity index (χ1) is 10.4. The highest BCUT2D eigenvalue weighted by Crippen LogP contribution is 2.23. The Hall–Kier alpha value is -1.66. The number of hydrogen-bond donors (Lipinski definition) is 0. The summed E-state index contributed by atoms with van der Waals surface area (Å²) < 4.78 is 22.3. The van der Waals surface area contributed by atoms with Crippen LogP contribution < -0.4 is 0 Å². The largest absolute Gasteiger partial charge is 0.336 e. The van der Waals surface area contributed by atoms with E-state index < -0.39 is 9.05 Å². The Kier molecular flexibility index (Phi) is 4.06. The zero-order valence-electron chi connectivity index (χ0n) is 11.8. The summed E-state index contributed by atoms with van der Waals surface area (Å²) in [5.74, 6) is -0.460. The summed E-state index contributed by atoms with van der Waals surface area (Å²) in [4.78, 5) is 18.2. The monoisotopic (exact) mass is 338 g/mol. The number of fused-ring (bicyclic) bond motifs is 1. The maximum Gasteiger partial charge on any atom is 0.232 e. The molecule has 0 saturated carbocycles. The van der Waals surface area contributed by atoms with E-state index >= 15 is 0 Å². The van der Waals surface area contributed by atoms with Crippen molar-refractivity contribution in [2.24, 2.45) is 5.92 Å². The summed E-state index contributed by atoms with van der Waals surface area (Å²) in [7, 11) is 1.69. The molecule has 1 aliphatic rings. The van der Waals surface area contributed by atoms with Gasteiger partial charge in [-0.2, -0.15) is 0 Å². The van der Waals surface area contributed by atoms with Gasteiger partial charge in [0.1, 0.15) is 0 Å². The molecule has 2 aromatic rings. The quantitative estimate of drug-likeness (QED) is 0.801. The van der Waals surface area contributed by atoms with E-state index in [1.54, 1.807) is 4.90 Å². The van der Waals surface area contributed by atoms with Gasteiger partial charge in [0, 0.05) is 35.0 Å². The van der Waals surface area contributed by atoms with Crippen LogP contribution in [0.4, 0.5) is 0 Å². The number of rotatable bonds is 4. The summed E-state index contributed by atoms with van der Waals surface area (Å²) in [6.07, 6.45) is 0.222. The van der Waals surface area contributed by atoms with E-state index in [0.717, 1.165) is 16.6 Å². The van der Waals surface area contributed by atoms with Gasteiger partial charge >= 0.3 is 0 Å². The molecule has 1 saturated heterocycles. The summed E-state index contributed by atoms with van der Waals surface area (Å²) in [5.41, 5.74) is 1.67. The molecule has 22 heavy (non-hydrogen) atoms. The van der Waals surface area contributed by atoms with Crippen LogP contribution in [0.25, 0.3) is 10.9 Å². The lowest BCUT2D eigenvalue weighted by molar-refractivity contribution is -0.128. The molecule has 2 heterocycles. The fraction of sp³-hybridized carbons (Fsp3) is 0.333. The Bertz CT molecular complexity index is 822. The third-order valence-corrected chi connectivity index (χ3v) is 4.99. The number of pyridine rings is 1. The van der Waals surface area contributed by atoms with Crippen LogP contribution in [0, 0.1) is 5.92 Å². The van der Waals surface area contributed by atoms with Crippen molar-refractivity contribution in [3.63, 3.8) is 0 Å². The molecule has 0 radical (unpaired) electrons. The van der Waals surface area contributed by atoms with Gasteiger partial charge in [-0.05, 0) is 12.1 Å². The minimum Gasteiger partial charge on any atom is -0.336 e. The fourth-order valence-electron chi connectivity index (χ4n) is 2.79. The highest BCUT2D eigenvalue weighted by atomic mass is 35.7. The molecule has 7 heteroatoms. The molecular weight excluding hydrogens is 324 g/mol. The molecule has 1 amide bonds. The minimum absolute atomic E-state index is 0.0553. The molecule has 5 nitrogen and oxygen atoms in total. The van der Waals surface area contributed by atoms with Crippen LogP contribution in [-0.4, -0.2) is 36.5 Å². The zero-order chi connectivity index (χ0) is 15.7. The van der Waals surface area contributed by atoms with Gasteiger partial charge in [0.2, 0.25) is 15.0 Å². The fourth-order valence-corrected chi connectivity index (χ4v) is 4.11. The molecular formula is C15H15ClN2O3S. The Morgan fingerprint density at radius 3 is 2.77 bits per heavy atom. The van der Waals surface area contributed by atoms with Gasteiger partial charge in [0.05, 0.1) is 23.5 Å². The first kappa shape index (κ1) is 15.2. The van der Waals surface area contributed by atoms with E-state index in [0.29, 0.717) is 13.1 Å². The van der Waals surface area contributed by atoms with Crippen LogP contribution in [0.2, 0.25) is 0 Å². The van der Waals surface area contributed by atoms with Gasteiger partial charge in [0.15, 0.2) is 0 Å².